The van der Waals surface area contributed by atoms with Gasteiger partial charge in [0.1, 0.15) is 24.4 Å². The van der Waals surface area contributed by atoms with E-state index in [4.69, 9.17) is 24.9 Å². The van der Waals surface area contributed by atoms with Crippen LogP contribution in [0.4, 0.5) is 20.1 Å². The standard InChI is InChI=1S/C49H61N9O12/c1-8-31-32-22-30(59)17-18-35(32)53-41-33(31)24-58-37(41)23-34-42(45(58)64)68-26-38(60)49(34,10-3)70-48(67)57(7)21-20-56(6)47(66)69-25-28-13-15-29(16-14-28)52-43(62)36(12-11-19-51-46(50)65)54-44(63)40(27(4)5)55-39(61)9-2/h13-18,22-23,27,36,40,59H,8-12,19-21,24-26H2,1-7H3,(H,52,62)(H,54,63)(H,55,61)(H3,50,51,65)/t36-,40-,49-/m0/s1. The second kappa shape index (κ2) is 22.1. The number of nitrogens with zero attached hydrogens (tertiary/aromatic N) is 4. The van der Waals surface area contributed by atoms with Crippen molar-refractivity contribution in [2.45, 2.75) is 97.6 Å². The molecule has 21 nitrogen and oxygen atoms in total. The number of anilines is 1. The maximum absolute atomic E-state index is 14.1. The van der Waals surface area contributed by atoms with Crippen molar-refractivity contribution < 1.29 is 52.9 Å². The molecule has 4 heterocycles. The maximum atomic E-state index is 14.1. The molecule has 2 aliphatic rings. The number of urea groups is 1. The number of ketones is 1. The number of aromatic nitrogens is 2. The van der Waals surface area contributed by atoms with Crippen LogP contribution in [-0.2, 0) is 53.8 Å². The van der Waals surface area contributed by atoms with E-state index < -0.39 is 65.7 Å². The summed E-state index contributed by atoms with van der Waals surface area (Å²) in [5.41, 5.74) is 7.25. The molecule has 0 radical (unpaired) electrons. The first-order valence-electron chi connectivity index (χ1n) is 23.3. The predicted octanol–water partition coefficient (Wildman–Crippen LogP) is 4.02. The Morgan fingerprint density at radius 2 is 1.64 bits per heavy atom. The average molecular weight is 968 g/mol. The van der Waals surface area contributed by atoms with Gasteiger partial charge in [0.05, 0.1) is 29.0 Å². The summed E-state index contributed by atoms with van der Waals surface area (Å²) in [5, 5.41) is 21.6. The molecule has 0 aliphatic carbocycles. The first-order chi connectivity index (χ1) is 33.3. The summed E-state index contributed by atoms with van der Waals surface area (Å²) in [6.07, 6.45) is -0.329. The number of benzene rings is 2. The van der Waals surface area contributed by atoms with Gasteiger partial charge in [0, 0.05) is 56.8 Å². The van der Waals surface area contributed by atoms with Gasteiger partial charge in [-0.3, -0.25) is 28.5 Å². The molecule has 0 saturated carbocycles. The van der Waals surface area contributed by atoms with Crippen LogP contribution in [0.5, 0.6) is 11.5 Å². The lowest BCUT2D eigenvalue weighted by Crippen LogP contribution is -2.54. The second-order valence-electron chi connectivity index (χ2n) is 17.6. The van der Waals surface area contributed by atoms with Gasteiger partial charge in [-0.1, -0.05) is 46.8 Å². The van der Waals surface area contributed by atoms with Gasteiger partial charge < -0.3 is 56.1 Å². The molecule has 0 saturated heterocycles. The van der Waals surface area contributed by atoms with Crippen LogP contribution in [0.15, 0.2) is 53.3 Å². The molecule has 0 spiro atoms. The number of fused-ring (bicyclic) bond motifs is 5. The molecule has 21 heteroatoms. The highest BCUT2D eigenvalue weighted by Crippen LogP contribution is 2.44. The Kier molecular flexibility index (Phi) is 16.4. The zero-order valence-corrected chi connectivity index (χ0v) is 40.4. The Balaban J connectivity index is 1.05. The van der Waals surface area contributed by atoms with Gasteiger partial charge in [-0.2, -0.15) is 0 Å². The van der Waals surface area contributed by atoms with Gasteiger partial charge in [0.25, 0.3) is 5.56 Å². The van der Waals surface area contributed by atoms with Crippen molar-refractivity contribution in [3.8, 4) is 22.9 Å². The molecule has 6 rings (SSSR count). The third kappa shape index (κ3) is 11.2. The molecular formula is C49H61N9O12. The van der Waals surface area contributed by atoms with Crippen LogP contribution < -0.4 is 37.3 Å². The van der Waals surface area contributed by atoms with Crippen molar-refractivity contribution in [1.82, 2.24) is 35.3 Å². The van der Waals surface area contributed by atoms with E-state index in [1.54, 1.807) is 70.2 Å². The number of carbonyl (C=O) groups excluding carboxylic acids is 7. The number of aryl methyl sites for hydroxylation is 1. The maximum Gasteiger partial charge on any atom is 0.410 e. The number of phenols is 1. The largest absolute Gasteiger partial charge is 0.508 e. The third-order valence-corrected chi connectivity index (χ3v) is 12.5. The number of hydrogen-bond acceptors (Lipinski definition) is 13. The number of amides is 7. The lowest BCUT2D eigenvalue weighted by Gasteiger charge is -2.37. The number of phenolic OH excluding ortho intramolecular Hbond substituents is 1. The van der Waals surface area contributed by atoms with Gasteiger partial charge in [-0.25, -0.2) is 19.4 Å². The topological polar surface area (TPSA) is 283 Å². The molecule has 0 fully saturated rings. The lowest BCUT2D eigenvalue weighted by atomic mass is 9.84. The fourth-order valence-electron chi connectivity index (χ4n) is 8.43. The zero-order valence-electron chi connectivity index (χ0n) is 40.4. The molecule has 7 amide bonds. The van der Waals surface area contributed by atoms with E-state index >= 15 is 0 Å². The van der Waals surface area contributed by atoms with Gasteiger partial charge in [-0.05, 0) is 79.1 Å². The Bertz CT molecular complexity index is 2740. The van der Waals surface area contributed by atoms with E-state index in [9.17, 15) is 43.5 Å². The molecule has 2 aromatic carbocycles. The number of likely N-dealkylation sites (N-methyl/N-ethyl adjacent to an activating group) is 2. The van der Waals surface area contributed by atoms with E-state index in [1.807, 2.05) is 6.92 Å². The van der Waals surface area contributed by atoms with Crippen LogP contribution >= 0.6 is 0 Å². The highest BCUT2D eigenvalue weighted by Gasteiger charge is 2.50. The summed E-state index contributed by atoms with van der Waals surface area (Å²) in [6, 6.07) is 10.4. The molecule has 70 heavy (non-hydrogen) atoms. The number of nitrogens with one attached hydrogen (secondary N) is 4. The number of ether oxygens (including phenoxy) is 3. The number of aromatic hydroxyl groups is 1. The van der Waals surface area contributed by atoms with Crippen LogP contribution in [0.3, 0.4) is 0 Å². The van der Waals surface area contributed by atoms with Crippen LogP contribution in [-0.4, -0.2) is 119 Å². The number of hydrogen-bond donors (Lipinski definition) is 6. The molecule has 7 N–H and O–H groups in total. The zero-order chi connectivity index (χ0) is 51.0. The molecule has 2 aromatic heterocycles. The molecule has 3 atom stereocenters. The van der Waals surface area contributed by atoms with Crippen LogP contribution in [0.1, 0.15) is 82.6 Å². The van der Waals surface area contributed by atoms with Crippen LogP contribution in [0, 0.1) is 5.92 Å². The predicted molar refractivity (Wildman–Crippen MR) is 257 cm³/mol. The van der Waals surface area contributed by atoms with Crippen molar-refractivity contribution in [2.75, 3.05) is 45.7 Å². The van der Waals surface area contributed by atoms with Crippen LogP contribution in [0.25, 0.3) is 22.3 Å². The minimum Gasteiger partial charge on any atom is -0.508 e. The third-order valence-electron chi connectivity index (χ3n) is 12.5. The number of primary amides is 1. The summed E-state index contributed by atoms with van der Waals surface area (Å²) in [6.45, 7) is 8.61. The average Bonchev–Trinajstić information content (AvgIpc) is 3.70. The van der Waals surface area contributed by atoms with Crippen LogP contribution in [0.2, 0.25) is 0 Å². The fraction of sp³-hybridized carbons (Fsp3) is 0.449. The van der Waals surface area contributed by atoms with Crippen molar-refractivity contribution in [3.63, 3.8) is 0 Å². The smallest absolute Gasteiger partial charge is 0.410 e. The first kappa shape index (κ1) is 51.7. The Morgan fingerprint density at radius 3 is 2.29 bits per heavy atom. The quantitative estimate of drug-likeness (QED) is 0.0639. The molecule has 0 bridgehead atoms. The summed E-state index contributed by atoms with van der Waals surface area (Å²) in [5.74, 6) is -2.20. The SMILES string of the molecule is CCC(=O)N[C@H](C(=O)N[C@@H](CCCNC(N)=O)C(=O)Nc1ccc(COC(=O)N(C)CCN(C)C(=O)O[C@]2(CC)C(=O)COc3c2cc2n(c3=O)Cc3c-2nc2ccc(O)cc2c3CC)cc1)C(C)C. The number of rotatable bonds is 19. The lowest BCUT2D eigenvalue weighted by molar-refractivity contribution is -0.145. The molecule has 4 aromatic rings. The normalized spacial score (nSPS) is 15.3. The van der Waals surface area contributed by atoms with Gasteiger partial charge >= 0.3 is 18.2 Å². The minimum atomic E-state index is -1.86. The Labute approximate surface area is 404 Å². The van der Waals surface area contributed by atoms with Crippen molar-refractivity contribution >= 4 is 58.3 Å². The molecule has 2 aliphatic heterocycles. The van der Waals surface area contributed by atoms with Crippen molar-refractivity contribution in [1.29, 1.82) is 0 Å². The highest BCUT2D eigenvalue weighted by atomic mass is 16.6. The van der Waals surface area contributed by atoms with Gasteiger partial charge in [0.15, 0.2) is 12.4 Å². The minimum absolute atomic E-state index is 0.00192. The summed E-state index contributed by atoms with van der Waals surface area (Å²) >= 11 is 0. The number of pyridine rings is 2. The number of nitrogens with two attached hydrogens (primary N) is 1. The Morgan fingerprint density at radius 1 is 0.943 bits per heavy atom. The van der Waals surface area contributed by atoms with Gasteiger partial charge in [0.2, 0.25) is 29.1 Å². The first-order valence-corrected chi connectivity index (χ1v) is 23.3. The van der Waals surface area contributed by atoms with Gasteiger partial charge in [-0.15, -0.1) is 0 Å². The Hall–Kier alpha value is -7.71. The monoisotopic (exact) mass is 967 g/mol. The summed E-state index contributed by atoms with van der Waals surface area (Å²) in [4.78, 5) is 112. The van der Waals surface area contributed by atoms with E-state index in [2.05, 4.69) is 21.3 Å². The number of carbonyl (C=O) groups is 7. The summed E-state index contributed by atoms with van der Waals surface area (Å²) < 4.78 is 18.8. The number of Topliss-reactive ketones (excluding diaryl/α,β-unsaturated/α-hetero) is 1. The van der Waals surface area contributed by atoms with E-state index in [0.29, 0.717) is 41.0 Å². The molecular weight excluding hydrogens is 907 g/mol. The molecule has 0 unspecified atom stereocenters. The van der Waals surface area contributed by atoms with Crippen molar-refractivity contribution in [2.24, 2.45) is 11.7 Å². The van der Waals surface area contributed by atoms with E-state index in [0.717, 1.165) is 16.5 Å². The second-order valence-corrected chi connectivity index (χ2v) is 17.6. The van der Waals surface area contributed by atoms with E-state index in [1.165, 1.54) is 34.5 Å². The van der Waals surface area contributed by atoms with E-state index in [-0.39, 0.29) is 80.9 Å². The van der Waals surface area contributed by atoms with Crippen molar-refractivity contribution in [3.05, 3.63) is 81.1 Å². The highest BCUT2D eigenvalue weighted by molar-refractivity contribution is 5.99. The summed E-state index contributed by atoms with van der Waals surface area (Å²) in [7, 11) is 2.94. The fourth-order valence-corrected chi connectivity index (χ4v) is 8.43. The molecule has 374 valence electrons.